The van der Waals surface area contributed by atoms with Gasteiger partial charge in [0.15, 0.2) is 0 Å². The zero-order chi connectivity index (χ0) is 6.08. The molecule has 0 aliphatic heterocycles. The van der Waals surface area contributed by atoms with Crippen LogP contribution in [-0.4, -0.2) is 5.66 Å². The van der Waals surface area contributed by atoms with Crippen LogP contribution in [0.5, 0.6) is 0 Å². The van der Waals surface area contributed by atoms with Gasteiger partial charge < -0.3 is 0 Å². The Balaban J connectivity index is 3.80. The quantitative estimate of drug-likeness (QED) is 0.497. The number of hydrogen-bond donors (Lipinski definition) is 2. The molecule has 4 N–H and O–H groups in total. The Bertz CT molecular complexity index is 95.1. The second-order valence-corrected chi connectivity index (χ2v) is 4.42. The Hall–Kier alpha value is 0.150. The van der Waals surface area contributed by atoms with E-state index < -0.39 is 7.44 Å². The molecule has 0 heterocycles. The highest BCUT2D eigenvalue weighted by Gasteiger charge is 2.12. The summed E-state index contributed by atoms with van der Waals surface area (Å²) in [6.07, 6.45) is 0. The second kappa shape index (κ2) is 1.95. The molecule has 0 saturated carbocycles. The fourth-order valence-electron chi connectivity index (χ4n) is 0. The summed E-state index contributed by atoms with van der Waals surface area (Å²) in [6, 6.07) is 0. The van der Waals surface area contributed by atoms with E-state index in [0.29, 0.717) is 0 Å². The summed E-state index contributed by atoms with van der Waals surface area (Å²) < 4.78 is 10.5. The van der Waals surface area contributed by atoms with E-state index in [9.17, 15) is 4.57 Å². The maximum atomic E-state index is 10.5. The summed E-state index contributed by atoms with van der Waals surface area (Å²) in [6.45, 7) is 3.47. The summed E-state index contributed by atoms with van der Waals surface area (Å²) in [5, 5.41) is 0. The molecule has 0 radical (unpaired) electrons. The van der Waals surface area contributed by atoms with Crippen molar-refractivity contribution in [2.75, 3.05) is 0 Å². The summed E-state index contributed by atoms with van der Waals surface area (Å²) >= 11 is 0. The fraction of sp³-hybridized carbons (Fsp3) is 1.00. The first-order valence-electron chi connectivity index (χ1n) is 2.11. The predicted octanol–water partition coefficient (Wildman–Crippen LogP) is 0.505. The van der Waals surface area contributed by atoms with Gasteiger partial charge in [-0.3, -0.25) is 15.6 Å². The van der Waals surface area contributed by atoms with Gasteiger partial charge in [0.25, 0.3) is 0 Å². The second-order valence-electron chi connectivity index (χ2n) is 1.86. The zero-order valence-corrected chi connectivity index (χ0v) is 5.48. The third-order valence-corrected chi connectivity index (χ3v) is 2.42. The van der Waals surface area contributed by atoms with E-state index >= 15 is 0 Å². The molecule has 0 atom stereocenters. The Morgan fingerprint density at radius 1 is 1.43 bits per heavy atom. The van der Waals surface area contributed by atoms with Gasteiger partial charge in [-0.1, -0.05) is 13.8 Å². The monoisotopic (exact) mass is 122 g/mol. The fourth-order valence-corrected chi connectivity index (χ4v) is 0. The molecule has 0 bridgehead atoms. The van der Waals surface area contributed by atoms with E-state index in [2.05, 4.69) is 0 Å². The molecule has 4 heteroatoms. The third kappa shape index (κ3) is 2.80. The first-order valence-corrected chi connectivity index (χ1v) is 4.03. The van der Waals surface area contributed by atoms with Crippen LogP contribution in [0.25, 0.3) is 0 Å². The lowest BCUT2D eigenvalue weighted by molar-refractivity contribution is 0.570. The van der Waals surface area contributed by atoms with Crippen LogP contribution in [0.15, 0.2) is 0 Å². The molecule has 3 nitrogen and oxygen atoms in total. The number of rotatable bonds is 1. The van der Waals surface area contributed by atoms with Crippen LogP contribution in [-0.2, 0) is 4.57 Å². The zero-order valence-electron chi connectivity index (χ0n) is 4.59. The summed E-state index contributed by atoms with van der Waals surface area (Å²) in [5.41, 5.74) is 9.93. The van der Waals surface area contributed by atoms with Crippen molar-refractivity contribution in [3.8, 4) is 0 Å². The Morgan fingerprint density at radius 3 is 1.57 bits per heavy atom. The molecule has 0 aromatic heterocycles. The van der Waals surface area contributed by atoms with E-state index in [0.717, 1.165) is 0 Å². The van der Waals surface area contributed by atoms with Gasteiger partial charge in [-0.25, -0.2) is 0 Å². The van der Waals surface area contributed by atoms with Crippen LogP contribution in [0.3, 0.4) is 0 Å². The van der Waals surface area contributed by atoms with Crippen molar-refractivity contribution in [3.63, 3.8) is 0 Å². The SMILES string of the molecule is CC(C)P(N)(N)=O. The highest BCUT2D eigenvalue weighted by molar-refractivity contribution is 7.59. The standard InChI is InChI=1S/C3H11N2OP/c1-3(2)7(4,5)6/h3H,1-2H3,(H4,4,5,6). The van der Waals surface area contributed by atoms with Gasteiger partial charge in [-0.05, 0) is 0 Å². The topological polar surface area (TPSA) is 69.1 Å². The minimum Gasteiger partial charge on any atom is -0.289 e. The first-order chi connectivity index (χ1) is 2.94. The van der Waals surface area contributed by atoms with Gasteiger partial charge in [0.1, 0.15) is 0 Å². The summed E-state index contributed by atoms with van der Waals surface area (Å²) in [4.78, 5) is 0. The van der Waals surface area contributed by atoms with Gasteiger partial charge in [-0.2, -0.15) is 0 Å². The van der Waals surface area contributed by atoms with E-state index in [-0.39, 0.29) is 5.66 Å². The molecule has 0 aliphatic rings. The summed E-state index contributed by atoms with van der Waals surface area (Å²) in [7, 11) is -2.74. The Labute approximate surface area is 43.6 Å². The van der Waals surface area contributed by atoms with E-state index in [1.165, 1.54) is 0 Å². The molecule has 0 rings (SSSR count). The Morgan fingerprint density at radius 2 is 1.57 bits per heavy atom. The van der Waals surface area contributed by atoms with Crippen LogP contribution >= 0.6 is 7.44 Å². The number of hydrogen-bond acceptors (Lipinski definition) is 1. The maximum absolute atomic E-state index is 10.5. The van der Waals surface area contributed by atoms with Crippen LogP contribution in [0.1, 0.15) is 13.8 Å². The van der Waals surface area contributed by atoms with Gasteiger partial charge in [0.05, 0.1) is 0 Å². The maximum Gasteiger partial charge on any atom is 0.208 e. The molecular formula is C3H11N2OP. The molecular weight excluding hydrogens is 111 g/mol. The average Bonchev–Trinajstić information content (AvgIpc) is 1.31. The molecule has 44 valence electrons. The van der Waals surface area contributed by atoms with Crippen molar-refractivity contribution in [1.82, 2.24) is 0 Å². The predicted molar refractivity (Wildman–Crippen MR) is 31.1 cm³/mol. The minimum absolute atomic E-state index is 0.0903. The van der Waals surface area contributed by atoms with E-state index in [1.54, 1.807) is 13.8 Å². The molecule has 0 aliphatic carbocycles. The highest BCUT2D eigenvalue weighted by atomic mass is 31.2. The smallest absolute Gasteiger partial charge is 0.208 e. The minimum atomic E-state index is -2.74. The molecule has 0 spiro atoms. The third-order valence-electron chi connectivity index (χ3n) is 0.807. The lowest BCUT2D eigenvalue weighted by Gasteiger charge is -2.07. The van der Waals surface area contributed by atoms with Gasteiger partial charge in [-0.15, -0.1) is 0 Å². The summed E-state index contributed by atoms with van der Waals surface area (Å²) in [5.74, 6) is 0. The van der Waals surface area contributed by atoms with Crippen molar-refractivity contribution in [2.45, 2.75) is 19.5 Å². The number of nitrogens with two attached hydrogens (primary N) is 2. The molecule has 0 amide bonds. The molecule has 0 aromatic carbocycles. The lowest BCUT2D eigenvalue weighted by atomic mass is 10.6. The lowest BCUT2D eigenvalue weighted by Crippen LogP contribution is -2.13. The van der Waals surface area contributed by atoms with Crippen LogP contribution in [0.2, 0.25) is 0 Å². The van der Waals surface area contributed by atoms with Crippen molar-refractivity contribution in [1.29, 1.82) is 0 Å². The average molecular weight is 122 g/mol. The molecule has 7 heavy (non-hydrogen) atoms. The van der Waals surface area contributed by atoms with Crippen molar-refractivity contribution in [3.05, 3.63) is 0 Å². The molecule has 0 aromatic rings. The van der Waals surface area contributed by atoms with E-state index in [1.807, 2.05) is 0 Å². The van der Waals surface area contributed by atoms with Gasteiger partial charge in [0.2, 0.25) is 7.44 Å². The van der Waals surface area contributed by atoms with Crippen molar-refractivity contribution >= 4 is 7.44 Å². The van der Waals surface area contributed by atoms with Gasteiger partial charge >= 0.3 is 0 Å². The largest absolute Gasteiger partial charge is 0.289 e. The van der Waals surface area contributed by atoms with Crippen molar-refractivity contribution < 1.29 is 4.57 Å². The molecule has 0 unspecified atom stereocenters. The van der Waals surface area contributed by atoms with Crippen LogP contribution in [0.4, 0.5) is 0 Å². The van der Waals surface area contributed by atoms with Crippen LogP contribution < -0.4 is 11.0 Å². The van der Waals surface area contributed by atoms with Crippen LogP contribution in [0, 0.1) is 0 Å². The van der Waals surface area contributed by atoms with Crippen molar-refractivity contribution in [2.24, 2.45) is 11.0 Å². The normalized spacial score (nSPS) is 12.7. The van der Waals surface area contributed by atoms with Gasteiger partial charge in [0, 0.05) is 5.66 Å². The highest BCUT2D eigenvalue weighted by Crippen LogP contribution is 2.30. The molecule has 0 saturated heterocycles. The van der Waals surface area contributed by atoms with E-state index in [4.69, 9.17) is 11.0 Å². The Kier molecular flexibility index (Phi) is 1.99. The first kappa shape index (κ1) is 7.15. The molecule has 0 fully saturated rings.